The first kappa shape index (κ1) is 19.8. The lowest BCUT2D eigenvalue weighted by Gasteiger charge is -2.43. The van der Waals surface area contributed by atoms with Gasteiger partial charge in [0, 0.05) is 18.7 Å². The molecule has 0 aliphatic carbocycles. The first-order chi connectivity index (χ1) is 13.3. The number of aliphatic hydroxyl groups is 1. The fraction of sp³-hybridized carbons (Fsp3) is 0.333. The Bertz CT molecular complexity index is 887. The molecule has 1 saturated heterocycles. The van der Waals surface area contributed by atoms with Gasteiger partial charge in [0.25, 0.3) is 0 Å². The first-order valence-corrected chi connectivity index (χ1v) is 9.02. The number of hydrogen-bond acceptors (Lipinski definition) is 4. The van der Waals surface area contributed by atoms with E-state index in [9.17, 15) is 29.3 Å². The number of piperidine rings is 1. The van der Waals surface area contributed by atoms with Gasteiger partial charge >= 0.3 is 5.97 Å². The van der Waals surface area contributed by atoms with E-state index in [0.29, 0.717) is 11.1 Å². The molecular formula is C21H22FNO5. The van der Waals surface area contributed by atoms with Crippen molar-refractivity contribution in [3.8, 4) is 5.75 Å². The zero-order valence-electron chi connectivity index (χ0n) is 15.2. The minimum atomic E-state index is -1.62. The summed E-state index contributed by atoms with van der Waals surface area (Å²) in [4.78, 5) is 26.2. The molecule has 1 amide bonds. The van der Waals surface area contributed by atoms with Gasteiger partial charge in [-0.25, -0.2) is 4.39 Å². The Hall–Kier alpha value is -2.93. The SMILES string of the molecule is O=C(Cc1ccccc1O)N1CC[C@@H](O)[C@](Cc2cccc(F)c2)(C(=O)O)C1. The van der Waals surface area contributed by atoms with Crippen LogP contribution in [0.4, 0.5) is 4.39 Å². The first-order valence-electron chi connectivity index (χ1n) is 9.02. The molecule has 0 spiro atoms. The summed E-state index contributed by atoms with van der Waals surface area (Å²) >= 11 is 0. The van der Waals surface area contributed by atoms with Crippen LogP contribution >= 0.6 is 0 Å². The number of carboxylic acid groups (broad SMARTS) is 1. The Kier molecular flexibility index (Phi) is 5.65. The molecule has 3 rings (SSSR count). The molecule has 1 heterocycles. The van der Waals surface area contributed by atoms with Crippen LogP contribution in [0.2, 0.25) is 0 Å². The Morgan fingerprint density at radius 3 is 2.61 bits per heavy atom. The number of aliphatic carboxylic acids is 1. The van der Waals surface area contributed by atoms with Crippen molar-refractivity contribution in [1.29, 1.82) is 0 Å². The van der Waals surface area contributed by atoms with Gasteiger partial charge in [-0.3, -0.25) is 9.59 Å². The van der Waals surface area contributed by atoms with Gasteiger partial charge in [0.1, 0.15) is 17.0 Å². The average molecular weight is 387 g/mol. The Morgan fingerprint density at radius 1 is 1.18 bits per heavy atom. The summed E-state index contributed by atoms with van der Waals surface area (Å²) in [7, 11) is 0. The number of carbonyl (C=O) groups is 2. The summed E-state index contributed by atoms with van der Waals surface area (Å²) in [5, 5.41) is 30.3. The minimum absolute atomic E-state index is 0.00264. The predicted octanol–water partition coefficient (Wildman–Crippen LogP) is 1.98. The quantitative estimate of drug-likeness (QED) is 0.729. The molecule has 0 saturated carbocycles. The van der Waals surface area contributed by atoms with E-state index in [-0.39, 0.29) is 44.0 Å². The number of nitrogens with zero attached hydrogens (tertiary/aromatic N) is 1. The smallest absolute Gasteiger partial charge is 0.314 e. The number of amides is 1. The number of rotatable bonds is 5. The number of halogens is 1. The van der Waals surface area contributed by atoms with Crippen molar-refractivity contribution >= 4 is 11.9 Å². The fourth-order valence-electron chi connectivity index (χ4n) is 3.70. The number of carboxylic acids is 1. The second kappa shape index (κ2) is 7.98. The summed E-state index contributed by atoms with van der Waals surface area (Å²) in [6.45, 7) is 0.0260. The van der Waals surface area contributed by atoms with Crippen molar-refractivity contribution in [2.75, 3.05) is 13.1 Å². The normalized spacial score (nSPS) is 22.1. The zero-order chi connectivity index (χ0) is 20.3. The van der Waals surface area contributed by atoms with E-state index in [1.807, 2.05) is 0 Å². The molecule has 0 unspecified atom stereocenters. The molecule has 0 radical (unpaired) electrons. The lowest BCUT2D eigenvalue weighted by Crippen LogP contribution is -2.58. The van der Waals surface area contributed by atoms with Gasteiger partial charge in [0.2, 0.25) is 5.91 Å². The van der Waals surface area contributed by atoms with Gasteiger partial charge in [-0.15, -0.1) is 0 Å². The van der Waals surface area contributed by atoms with Crippen LogP contribution in [0.1, 0.15) is 17.5 Å². The van der Waals surface area contributed by atoms with Crippen LogP contribution in [-0.2, 0) is 22.4 Å². The Labute approximate surface area is 161 Å². The maximum Gasteiger partial charge on any atom is 0.314 e. The number of phenols is 1. The summed E-state index contributed by atoms with van der Waals surface area (Å²) in [5.74, 6) is -2.06. The number of phenolic OH excluding ortho intramolecular Hbond substituents is 1. The minimum Gasteiger partial charge on any atom is -0.508 e. The lowest BCUT2D eigenvalue weighted by atomic mass is 9.72. The molecular weight excluding hydrogens is 365 g/mol. The summed E-state index contributed by atoms with van der Waals surface area (Å²) in [6, 6.07) is 12.0. The molecule has 2 aromatic rings. The van der Waals surface area contributed by atoms with E-state index in [1.54, 1.807) is 24.3 Å². The van der Waals surface area contributed by atoms with Crippen molar-refractivity contribution in [2.45, 2.75) is 25.4 Å². The van der Waals surface area contributed by atoms with Gasteiger partial charge in [-0.2, -0.15) is 0 Å². The molecule has 0 aromatic heterocycles. The van der Waals surface area contributed by atoms with Crippen LogP contribution in [0.5, 0.6) is 5.75 Å². The van der Waals surface area contributed by atoms with Gasteiger partial charge in [-0.1, -0.05) is 30.3 Å². The van der Waals surface area contributed by atoms with Crippen LogP contribution in [0.25, 0.3) is 0 Å². The monoisotopic (exact) mass is 387 g/mol. The van der Waals surface area contributed by atoms with Crippen molar-refractivity contribution < 1.29 is 29.3 Å². The van der Waals surface area contributed by atoms with Crippen LogP contribution in [-0.4, -0.2) is 51.3 Å². The molecule has 2 atom stereocenters. The molecule has 2 aromatic carbocycles. The van der Waals surface area contributed by atoms with Crippen molar-refractivity contribution in [2.24, 2.45) is 5.41 Å². The van der Waals surface area contributed by atoms with E-state index in [1.165, 1.54) is 29.2 Å². The van der Waals surface area contributed by atoms with Crippen LogP contribution in [0.15, 0.2) is 48.5 Å². The summed E-state index contributed by atoms with van der Waals surface area (Å²) in [5.41, 5.74) is -0.735. The Balaban J connectivity index is 1.83. The molecule has 7 heteroatoms. The third-order valence-corrected chi connectivity index (χ3v) is 5.30. The van der Waals surface area contributed by atoms with Crippen molar-refractivity contribution in [3.63, 3.8) is 0 Å². The number of benzene rings is 2. The van der Waals surface area contributed by atoms with Gasteiger partial charge < -0.3 is 20.2 Å². The third-order valence-electron chi connectivity index (χ3n) is 5.30. The van der Waals surface area contributed by atoms with Crippen LogP contribution in [0, 0.1) is 11.2 Å². The number of carbonyl (C=O) groups excluding carboxylic acids is 1. The highest BCUT2D eigenvalue weighted by atomic mass is 19.1. The molecule has 1 fully saturated rings. The topological polar surface area (TPSA) is 98.1 Å². The number of aromatic hydroxyl groups is 1. The van der Waals surface area contributed by atoms with E-state index in [0.717, 1.165) is 0 Å². The molecule has 3 N–H and O–H groups in total. The molecule has 1 aliphatic heterocycles. The number of likely N-dealkylation sites (tertiary alicyclic amines) is 1. The number of aliphatic hydroxyl groups excluding tert-OH is 1. The third kappa shape index (κ3) is 3.99. The summed E-state index contributed by atoms with van der Waals surface area (Å²) in [6.07, 6.45) is -1.23. The highest BCUT2D eigenvalue weighted by Gasteiger charge is 2.50. The predicted molar refractivity (Wildman–Crippen MR) is 99.2 cm³/mol. The fourth-order valence-corrected chi connectivity index (χ4v) is 3.70. The zero-order valence-corrected chi connectivity index (χ0v) is 15.2. The van der Waals surface area contributed by atoms with Crippen LogP contribution < -0.4 is 0 Å². The second-order valence-corrected chi connectivity index (χ2v) is 7.19. The molecule has 6 nitrogen and oxygen atoms in total. The van der Waals surface area contributed by atoms with Crippen LogP contribution in [0.3, 0.4) is 0 Å². The molecule has 148 valence electrons. The number of hydrogen-bond donors (Lipinski definition) is 3. The lowest BCUT2D eigenvalue weighted by molar-refractivity contribution is -0.165. The van der Waals surface area contributed by atoms with E-state index in [2.05, 4.69) is 0 Å². The molecule has 1 aliphatic rings. The molecule has 0 bridgehead atoms. The standard InChI is InChI=1S/C21H22FNO5/c22-16-6-3-4-14(10-16)12-21(20(27)28)13-23(9-8-18(21)25)19(26)11-15-5-1-2-7-17(15)24/h1-7,10,18,24-25H,8-9,11-13H2,(H,27,28)/t18-,21-/m1/s1. The number of para-hydroxylation sites is 1. The average Bonchev–Trinajstić information content (AvgIpc) is 2.65. The second-order valence-electron chi connectivity index (χ2n) is 7.19. The maximum absolute atomic E-state index is 13.5. The van der Waals surface area contributed by atoms with E-state index >= 15 is 0 Å². The van der Waals surface area contributed by atoms with Crippen molar-refractivity contribution in [1.82, 2.24) is 4.90 Å². The summed E-state index contributed by atoms with van der Waals surface area (Å²) < 4.78 is 13.5. The largest absolute Gasteiger partial charge is 0.508 e. The highest BCUT2D eigenvalue weighted by Crippen LogP contribution is 2.35. The highest BCUT2D eigenvalue weighted by molar-refractivity contribution is 5.82. The maximum atomic E-state index is 13.5. The molecule has 28 heavy (non-hydrogen) atoms. The van der Waals surface area contributed by atoms with E-state index in [4.69, 9.17) is 0 Å². The van der Waals surface area contributed by atoms with Gasteiger partial charge in [0.15, 0.2) is 0 Å². The van der Waals surface area contributed by atoms with Crippen molar-refractivity contribution in [3.05, 3.63) is 65.5 Å². The van der Waals surface area contributed by atoms with E-state index < -0.39 is 23.3 Å². The van der Waals surface area contributed by atoms with Gasteiger partial charge in [-0.05, 0) is 36.6 Å². The Morgan fingerprint density at radius 2 is 1.93 bits per heavy atom. The van der Waals surface area contributed by atoms with Gasteiger partial charge in [0.05, 0.1) is 12.5 Å².